The van der Waals surface area contributed by atoms with Crippen LogP contribution in [-0.4, -0.2) is 25.9 Å². The Labute approximate surface area is 162 Å². The molecule has 27 heavy (non-hydrogen) atoms. The lowest BCUT2D eigenvalue weighted by molar-refractivity contribution is -0.115. The molecule has 0 saturated heterocycles. The van der Waals surface area contributed by atoms with Gasteiger partial charge in [0.1, 0.15) is 12.4 Å². The summed E-state index contributed by atoms with van der Waals surface area (Å²) in [5, 5.41) is 20.4. The number of para-hydroxylation sites is 1. The molecular weight excluding hydrogens is 358 g/mol. The van der Waals surface area contributed by atoms with E-state index in [9.17, 15) is 4.79 Å². The van der Waals surface area contributed by atoms with Crippen molar-refractivity contribution in [3.05, 3.63) is 65.5 Å². The second-order valence-electron chi connectivity index (χ2n) is 6.18. The summed E-state index contributed by atoms with van der Waals surface area (Å²) in [6.07, 6.45) is 1.65. The molecule has 1 unspecified atom stereocenters. The second kappa shape index (κ2) is 8.06. The quantitative estimate of drug-likeness (QED) is 0.682. The van der Waals surface area contributed by atoms with E-state index in [-0.39, 0.29) is 5.91 Å². The average Bonchev–Trinajstić information content (AvgIpc) is 3.10. The topological polar surface area (TPSA) is 83.6 Å². The number of nitrogens with zero attached hydrogens (tertiary/aromatic N) is 4. The number of anilines is 1. The highest BCUT2D eigenvalue weighted by Crippen LogP contribution is 2.26. The normalized spacial score (nSPS) is 11.6. The highest BCUT2D eigenvalue weighted by Gasteiger charge is 2.20. The predicted octanol–water partition coefficient (Wildman–Crippen LogP) is 3.88. The molecule has 0 bridgehead atoms. The van der Waals surface area contributed by atoms with Crippen LogP contribution in [0, 0.1) is 25.2 Å². The smallest absolute Gasteiger partial charge is 0.237 e. The maximum atomic E-state index is 12.6. The Kier molecular flexibility index (Phi) is 5.57. The number of nitriles is 1. The van der Waals surface area contributed by atoms with Gasteiger partial charge in [-0.15, -0.1) is 10.2 Å². The number of carbonyl (C=O) groups is 1. The van der Waals surface area contributed by atoms with Crippen LogP contribution >= 0.6 is 11.8 Å². The third-order valence-corrected chi connectivity index (χ3v) is 5.14. The fourth-order valence-electron chi connectivity index (χ4n) is 2.68. The molecule has 0 spiro atoms. The number of thioether (sulfide) groups is 1. The summed E-state index contributed by atoms with van der Waals surface area (Å²) in [7, 11) is 0. The summed E-state index contributed by atoms with van der Waals surface area (Å²) >= 11 is 1.32. The van der Waals surface area contributed by atoms with Gasteiger partial charge >= 0.3 is 0 Å². The van der Waals surface area contributed by atoms with Gasteiger partial charge < -0.3 is 5.32 Å². The summed E-state index contributed by atoms with van der Waals surface area (Å²) in [6, 6.07) is 15.2. The van der Waals surface area contributed by atoms with Gasteiger partial charge in [-0.2, -0.15) is 5.26 Å². The molecule has 3 aromatic rings. The first-order valence-corrected chi connectivity index (χ1v) is 9.32. The lowest BCUT2D eigenvalue weighted by Crippen LogP contribution is -2.23. The zero-order valence-electron chi connectivity index (χ0n) is 15.3. The van der Waals surface area contributed by atoms with E-state index in [1.54, 1.807) is 37.5 Å². The Morgan fingerprint density at radius 1 is 1.26 bits per heavy atom. The molecule has 6 nitrogen and oxygen atoms in total. The number of nitrogens with one attached hydrogen (secondary N) is 1. The van der Waals surface area contributed by atoms with Crippen LogP contribution in [0.2, 0.25) is 0 Å². The van der Waals surface area contributed by atoms with Gasteiger partial charge in [0.15, 0.2) is 5.16 Å². The van der Waals surface area contributed by atoms with E-state index >= 15 is 0 Å². The zero-order valence-corrected chi connectivity index (χ0v) is 16.1. The number of rotatable bonds is 5. The number of benzene rings is 2. The van der Waals surface area contributed by atoms with Crippen molar-refractivity contribution in [1.29, 1.82) is 5.26 Å². The number of hydrogen-bond donors (Lipinski definition) is 1. The van der Waals surface area contributed by atoms with Gasteiger partial charge in [-0.1, -0.05) is 41.6 Å². The highest BCUT2D eigenvalue weighted by atomic mass is 32.2. The molecule has 0 fully saturated rings. The summed E-state index contributed by atoms with van der Waals surface area (Å²) in [5.41, 5.74) is 4.21. The molecule has 0 aliphatic rings. The van der Waals surface area contributed by atoms with Gasteiger partial charge in [0.25, 0.3) is 0 Å². The molecule has 1 aromatic heterocycles. The SMILES string of the molecule is Cc1ccc(-n2cnnc2SC(C)C(=O)Nc2ccccc2C#N)c(C)c1. The Balaban J connectivity index is 1.77. The number of amides is 1. The second-order valence-corrected chi connectivity index (χ2v) is 7.49. The first kappa shape index (κ1) is 18.7. The Hall–Kier alpha value is -3.11. The molecule has 0 aliphatic carbocycles. The van der Waals surface area contributed by atoms with E-state index in [4.69, 9.17) is 5.26 Å². The molecule has 1 atom stereocenters. The van der Waals surface area contributed by atoms with E-state index in [2.05, 4.69) is 27.6 Å². The number of aromatic nitrogens is 3. The highest BCUT2D eigenvalue weighted by molar-refractivity contribution is 8.00. The van der Waals surface area contributed by atoms with Crippen LogP contribution in [-0.2, 0) is 4.79 Å². The third kappa shape index (κ3) is 4.18. The summed E-state index contributed by atoms with van der Waals surface area (Å²) in [4.78, 5) is 12.6. The molecule has 0 radical (unpaired) electrons. The molecule has 2 aromatic carbocycles. The maximum absolute atomic E-state index is 12.6. The van der Waals surface area contributed by atoms with Crippen molar-refractivity contribution < 1.29 is 4.79 Å². The standard InChI is InChI=1S/C20H19N5OS/c1-13-8-9-18(14(2)10-13)25-12-22-24-20(25)27-15(3)19(26)23-17-7-5-4-6-16(17)11-21/h4-10,12,15H,1-3H3,(H,23,26). The van der Waals surface area contributed by atoms with Crippen molar-refractivity contribution >= 4 is 23.4 Å². The van der Waals surface area contributed by atoms with E-state index in [0.29, 0.717) is 16.4 Å². The van der Waals surface area contributed by atoms with Crippen molar-refractivity contribution in [3.8, 4) is 11.8 Å². The minimum atomic E-state index is -0.412. The van der Waals surface area contributed by atoms with Gasteiger partial charge in [0.2, 0.25) is 5.91 Å². The largest absolute Gasteiger partial charge is 0.324 e. The van der Waals surface area contributed by atoms with Crippen LogP contribution in [0.25, 0.3) is 5.69 Å². The van der Waals surface area contributed by atoms with Crippen molar-refractivity contribution in [1.82, 2.24) is 14.8 Å². The first-order valence-electron chi connectivity index (χ1n) is 8.44. The van der Waals surface area contributed by atoms with Crippen LogP contribution in [0.4, 0.5) is 5.69 Å². The fourth-order valence-corrected chi connectivity index (χ4v) is 3.52. The van der Waals surface area contributed by atoms with Crippen molar-refractivity contribution in [3.63, 3.8) is 0 Å². The van der Waals surface area contributed by atoms with Crippen LogP contribution in [0.5, 0.6) is 0 Å². The van der Waals surface area contributed by atoms with E-state index < -0.39 is 5.25 Å². The molecule has 0 aliphatic heterocycles. The molecule has 0 saturated carbocycles. The van der Waals surface area contributed by atoms with Gasteiger partial charge in [-0.3, -0.25) is 9.36 Å². The van der Waals surface area contributed by atoms with Crippen molar-refractivity contribution in [2.24, 2.45) is 0 Å². The summed E-state index contributed by atoms with van der Waals surface area (Å²) in [5.74, 6) is -0.196. The molecule has 1 N–H and O–H groups in total. The number of carbonyl (C=O) groups excluding carboxylic acids is 1. The molecule has 3 rings (SSSR count). The van der Waals surface area contributed by atoms with E-state index in [0.717, 1.165) is 11.3 Å². The van der Waals surface area contributed by atoms with Crippen LogP contribution in [0.1, 0.15) is 23.6 Å². The number of aryl methyl sites for hydroxylation is 2. The zero-order chi connectivity index (χ0) is 19.4. The molecule has 1 amide bonds. The monoisotopic (exact) mass is 377 g/mol. The Morgan fingerprint density at radius 3 is 2.78 bits per heavy atom. The Bertz CT molecular complexity index is 1020. The Morgan fingerprint density at radius 2 is 2.04 bits per heavy atom. The molecule has 7 heteroatoms. The minimum Gasteiger partial charge on any atom is -0.324 e. The molecule has 1 heterocycles. The van der Waals surface area contributed by atoms with Gasteiger partial charge in [0, 0.05) is 0 Å². The van der Waals surface area contributed by atoms with Crippen molar-refractivity contribution in [2.75, 3.05) is 5.32 Å². The molecule has 136 valence electrons. The average molecular weight is 377 g/mol. The van der Waals surface area contributed by atoms with Gasteiger partial charge in [-0.05, 0) is 44.5 Å². The summed E-state index contributed by atoms with van der Waals surface area (Å²) < 4.78 is 1.88. The van der Waals surface area contributed by atoms with E-state index in [1.165, 1.54) is 17.3 Å². The predicted molar refractivity (Wildman–Crippen MR) is 106 cm³/mol. The minimum absolute atomic E-state index is 0.196. The van der Waals surface area contributed by atoms with Gasteiger partial charge in [0.05, 0.1) is 22.2 Å². The van der Waals surface area contributed by atoms with Crippen LogP contribution in [0.3, 0.4) is 0 Å². The maximum Gasteiger partial charge on any atom is 0.237 e. The summed E-state index contributed by atoms with van der Waals surface area (Å²) in [6.45, 7) is 5.88. The third-order valence-electron chi connectivity index (χ3n) is 4.09. The number of hydrogen-bond acceptors (Lipinski definition) is 5. The van der Waals surface area contributed by atoms with Crippen molar-refractivity contribution in [2.45, 2.75) is 31.2 Å². The van der Waals surface area contributed by atoms with Crippen LogP contribution in [0.15, 0.2) is 53.9 Å². The lowest BCUT2D eigenvalue weighted by atomic mass is 10.1. The fraction of sp³-hybridized carbons (Fsp3) is 0.200. The first-order chi connectivity index (χ1) is 13.0. The lowest BCUT2D eigenvalue weighted by Gasteiger charge is -2.14. The van der Waals surface area contributed by atoms with Gasteiger partial charge in [-0.25, -0.2) is 0 Å². The molecular formula is C20H19N5OS. The van der Waals surface area contributed by atoms with Crippen LogP contribution < -0.4 is 5.32 Å². The van der Waals surface area contributed by atoms with E-state index in [1.807, 2.05) is 30.5 Å².